The molecule has 0 amide bonds. The molecule has 0 spiro atoms. The van der Waals surface area contributed by atoms with Gasteiger partial charge in [0, 0.05) is 84.9 Å². The third kappa shape index (κ3) is 13.2. The van der Waals surface area contributed by atoms with Crippen molar-refractivity contribution < 1.29 is 0 Å². The van der Waals surface area contributed by atoms with E-state index in [-0.39, 0.29) is 0 Å². The fraction of sp³-hybridized carbons (Fsp3) is 0. The second-order valence-corrected chi connectivity index (χ2v) is 29.2. The van der Waals surface area contributed by atoms with Crippen LogP contribution in [0.5, 0.6) is 0 Å². The average Bonchev–Trinajstić information content (AvgIpc) is 1.57. The molecule has 8 heteroatoms. The minimum absolute atomic E-state index is 0.645. The molecule has 516 valence electrons. The van der Waals surface area contributed by atoms with Gasteiger partial charge in [0.2, 0.25) is 0 Å². The van der Waals surface area contributed by atoms with Crippen molar-refractivity contribution in [2.45, 2.75) is 0 Å². The van der Waals surface area contributed by atoms with Crippen LogP contribution in [0.4, 0.5) is 0 Å². The molecule has 20 rings (SSSR count). The van der Waals surface area contributed by atoms with Crippen LogP contribution in [0, 0.1) is 0 Å². The summed E-state index contributed by atoms with van der Waals surface area (Å²) in [6, 6.07) is 141. The molecule has 0 fully saturated rings. The Bertz CT molecular complexity index is 6570. The highest BCUT2D eigenvalue weighted by molar-refractivity contribution is 7.27. The molecule has 0 unspecified atom stereocenters. The van der Waals surface area contributed by atoms with Crippen molar-refractivity contribution in [1.29, 1.82) is 0 Å². The number of rotatable bonds is 14. The molecule has 0 aliphatic heterocycles. The van der Waals surface area contributed by atoms with Gasteiger partial charge in [-0.1, -0.05) is 358 Å². The summed E-state index contributed by atoms with van der Waals surface area (Å²) >= 11 is 3.70. The molecule has 6 nitrogen and oxygen atoms in total. The minimum Gasteiger partial charge on any atom is -0.208 e. The van der Waals surface area contributed by atoms with Crippen molar-refractivity contribution in [2.75, 3.05) is 0 Å². The third-order valence-electron chi connectivity index (χ3n) is 20.3. The SMILES string of the molecule is c1ccc(-c2ccc(-c3ccc(-c4nc(-c5ccccc5)nc(-c5ccccc5)n4)c4c3sc3c(-c5ccccc5)cc(-c5ccccc5)cc34)cc2)cc1.c1ccc(-c2cccc(-c3ccc(-c4nc(-c5ccccc5)nc(-c5ccccc5)n4)c4c3sc3c(-c5ccccc5)cc(-c5ccccc5)cc34)c2)cc1. The molecule has 0 saturated heterocycles. The summed E-state index contributed by atoms with van der Waals surface area (Å²) in [5.74, 6) is 3.88. The molecule has 4 aromatic heterocycles. The number of hydrogen-bond acceptors (Lipinski definition) is 8. The van der Waals surface area contributed by atoms with Crippen molar-refractivity contribution >= 4 is 63.0 Å². The molecule has 4 heterocycles. The Hall–Kier alpha value is -14.0. The summed E-state index contributed by atoms with van der Waals surface area (Å²) in [7, 11) is 0. The van der Waals surface area contributed by atoms with Crippen LogP contribution in [0.3, 0.4) is 0 Å². The van der Waals surface area contributed by atoms with E-state index in [0.717, 1.165) is 49.7 Å². The van der Waals surface area contributed by atoms with E-state index in [0.29, 0.717) is 34.9 Å². The molecular formula is C102H66N6S2. The highest BCUT2D eigenvalue weighted by atomic mass is 32.1. The molecular weight excluding hydrogens is 1370 g/mol. The van der Waals surface area contributed by atoms with Gasteiger partial charge in [0.15, 0.2) is 34.9 Å². The third-order valence-corrected chi connectivity index (χ3v) is 22.8. The predicted octanol–water partition coefficient (Wildman–Crippen LogP) is 27.8. The fourth-order valence-electron chi connectivity index (χ4n) is 14.9. The van der Waals surface area contributed by atoms with Crippen LogP contribution >= 0.6 is 22.7 Å². The van der Waals surface area contributed by atoms with Gasteiger partial charge < -0.3 is 0 Å². The topological polar surface area (TPSA) is 77.3 Å². The summed E-state index contributed by atoms with van der Waals surface area (Å²) < 4.78 is 4.86. The molecule has 20 aromatic rings. The van der Waals surface area contributed by atoms with Crippen LogP contribution < -0.4 is 0 Å². The molecule has 110 heavy (non-hydrogen) atoms. The molecule has 0 N–H and O–H groups in total. The number of benzene rings is 16. The maximum absolute atomic E-state index is 5.24. The van der Waals surface area contributed by atoms with Gasteiger partial charge in [0.05, 0.1) is 0 Å². The standard InChI is InChI=1S/2C51H33N3S/c1-6-17-34(18-7-1)39-27-16-28-40(31-39)42-29-30-43(51-53-49(37-23-12-4-13-24-37)52-50(54-51)38-25-14-5-15-26-38)46-45-33-41(35-19-8-2-9-20-35)32-44(47(45)55-48(42)46)36-21-10-3-11-22-36;1-6-16-34(17-7-1)36-26-28-38(29-27-36)42-30-31-43(51-53-49(39-22-12-4-13-23-39)52-50(54-51)40-24-14-5-15-25-40)46-45-33-41(35-18-8-2-9-19-35)32-44(47(45)55-48(42)46)37-20-10-3-11-21-37/h2*1-33H. The van der Waals surface area contributed by atoms with Gasteiger partial charge in [-0.2, -0.15) is 0 Å². The lowest BCUT2D eigenvalue weighted by atomic mass is 9.93. The molecule has 0 atom stereocenters. The van der Waals surface area contributed by atoms with Gasteiger partial charge in [-0.3, -0.25) is 0 Å². The summed E-state index contributed by atoms with van der Waals surface area (Å²) in [5.41, 5.74) is 24.7. The van der Waals surface area contributed by atoms with E-state index >= 15 is 0 Å². The zero-order valence-corrected chi connectivity index (χ0v) is 61.2. The minimum atomic E-state index is 0.645. The monoisotopic (exact) mass is 1440 g/mol. The fourth-order valence-corrected chi connectivity index (χ4v) is 17.6. The maximum Gasteiger partial charge on any atom is 0.164 e. The second kappa shape index (κ2) is 29.7. The van der Waals surface area contributed by atoms with E-state index in [1.807, 2.05) is 95.5 Å². The first-order valence-corrected chi connectivity index (χ1v) is 38.5. The summed E-state index contributed by atoms with van der Waals surface area (Å²) in [4.78, 5) is 31.0. The normalized spacial score (nSPS) is 11.3. The zero-order chi connectivity index (χ0) is 73.1. The Morgan fingerprint density at radius 1 is 0.136 bits per heavy atom. The van der Waals surface area contributed by atoms with E-state index in [2.05, 4.69) is 328 Å². The Morgan fingerprint density at radius 2 is 0.373 bits per heavy atom. The second-order valence-electron chi connectivity index (χ2n) is 27.2. The Morgan fingerprint density at radius 3 is 0.718 bits per heavy atom. The quantitative estimate of drug-likeness (QED) is 0.108. The lowest BCUT2D eigenvalue weighted by Gasteiger charge is -2.13. The first-order valence-electron chi connectivity index (χ1n) is 36.9. The molecule has 0 radical (unpaired) electrons. The Balaban J connectivity index is 0.000000149. The van der Waals surface area contributed by atoms with Crippen molar-refractivity contribution in [3.63, 3.8) is 0 Å². The Labute approximate surface area is 646 Å². The van der Waals surface area contributed by atoms with E-state index in [1.54, 1.807) is 0 Å². The highest BCUT2D eigenvalue weighted by Crippen LogP contribution is 2.52. The summed E-state index contributed by atoms with van der Waals surface area (Å²) in [5, 5.41) is 4.64. The first kappa shape index (κ1) is 66.6. The lowest BCUT2D eigenvalue weighted by molar-refractivity contribution is 1.08. The number of hydrogen-bond donors (Lipinski definition) is 0. The van der Waals surface area contributed by atoms with Crippen LogP contribution in [0.1, 0.15) is 0 Å². The van der Waals surface area contributed by atoms with Crippen LogP contribution in [-0.2, 0) is 0 Å². The lowest BCUT2D eigenvalue weighted by Crippen LogP contribution is -2.00. The van der Waals surface area contributed by atoms with Gasteiger partial charge in [-0.25, -0.2) is 29.9 Å². The van der Waals surface area contributed by atoms with Crippen molar-refractivity contribution in [3.05, 3.63) is 400 Å². The molecule has 16 aromatic carbocycles. The van der Waals surface area contributed by atoms with Gasteiger partial charge in [0.1, 0.15) is 0 Å². The van der Waals surface area contributed by atoms with Gasteiger partial charge in [-0.15, -0.1) is 22.7 Å². The number of thiophene rings is 2. The number of aromatic nitrogens is 6. The van der Waals surface area contributed by atoms with Crippen molar-refractivity contribution in [3.8, 4) is 157 Å². The van der Waals surface area contributed by atoms with E-state index in [9.17, 15) is 0 Å². The average molecular weight is 1440 g/mol. The van der Waals surface area contributed by atoms with Gasteiger partial charge in [-0.05, 0) is 120 Å². The van der Waals surface area contributed by atoms with Crippen LogP contribution in [0.15, 0.2) is 400 Å². The van der Waals surface area contributed by atoms with E-state index < -0.39 is 0 Å². The molecule has 0 bridgehead atoms. The van der Waals surface area contributed by atoms with Crippen LogP contribution in [-0.4, -0.2) is 29.9 Å². The summed E-state index contributed by atoms with van der Waals surface area (Å²) in [6.45, 7) is 0. The first-order chi connectivity index (χ1) is 54.5. The van der Waals surface area contributed by atoms with Crippen molar-refractivity contribution in [1.82, 2.24) is 29.9 Å². The van der Waals surface area contributed by atoms with Crippen molar-refractivity contribution in [2.24, 2.45) is 0 Å². The molecule has 0 saturated carbocycles. The maximum atomic E-state index is 5.24. The highest BCUT2D eigenvalue weighted by Gasteiger charge is 2.26. The smallest absolute Gasteiger partial charge is 0.164 e. The summed E-state index contributed by atoms with van der Waals surface area (Å²) in [6.07, 6.45) is 0. The molecule has 0 aliphatic rings. The van der Waals surface area contributed by atoms with E-state index in [1.165, 1.54) is 113 Å². The van der Waals surface area contributed by atoms with Gasteiger partial charge in [0.25, 0.3) is 0 Å². The zero-order valence-electron chi connectivity index (χ0n) is 59.6. The number of fused-ring (bicyclic) bond motifs is 6. The number of nitrogens with zero attached hydrogens (tertiary/aromatic N) is 6. The Kier molecular flexibility index (Phi) is 18.0. The largest absolute Gasteiger partial charge is 0.208 e. The van der Waals surface area contributed by atoms with E-state index in [4.69, 9.17) is 29.9 Å². The van der Waals surface area contributed by atoms with Gasteiger partial charge >= 0.3 is 0 Å². The molecule has 0 aliphatic carbocycles. The predicted molar refractivity (Wildman–Crippen MR) is 462 cm³/mol. The van der Waals surface area contributed by atoms with Crippen LogP contribution in [0.2, 0.25) is 0 Å². The van der Waals surface area contributed by atoms with Crippen LogP contribution in [0.25, 0.3) is 198 Å².